The predicted molar refractivity (Wildman–Crippen MR) is 113 cm³/mol. The minimum absolute atomic E-state index is 0.239. The van der Waals surface area contributed by atoms with Crippen LogP contribution in [0.3, 0.4) is 0 Å². The molecule has 0 N–H and O–H groups in total. The number of carbonyl (C=O) groups is 2. The van der Waals surface area contributed by atoms with E-state index in [9.17, 15) is 9.59 Å². The maximum atomic E-state index is 13.6. The zero-order valence-electron chi connectivity index (χ0n) is 16.7. The molecule has 3 aromatic rings. The number of nitrogens with zero attached hydrogens (tertiary/aromatic N) is 3. The first kappa shape index (κ1) is 18.5. The molecule has 0 radical (unpaired) electrons. The molecule has 1 aromatic heterocycles. The Bertz CT molecular complexity index is 1120. The minimum Gasteiger partial charge on any atom is -0.273 e. The summed E-state index contributed by atoms with van der Waals surface area (Å²) in [5, 5.41) is 1.69. The van der Waals surface area contributed by atoms with Gasteiger partial charge in [0.1, 0.15) is 5.92 Å². The summed E-state index contributed by atoms with van der Waals surface area (Å²) in [4.78, 5) is 38.4. The first-order valence-corrected chi connectivity index (χ1v) is 9.92. The van der Waals surface area contributed by atoms with Crippen LogP contribution in [0.1, 0.15) is 22.7 Å². The summed E-state index contributed by atoms with van der Waals surface area (Å²) in [5.74, 6) is -1.20. The first-order chi connectivity index (χ1) is 14.6. The summed E-state index contributed by atoms with van der Waals surface area (Å²) in [6.45, 7) is 3.90. The topological polar surface area (TPSA) is 62.7 Å². The third kappa shape index (κ3) is 2.80. The summed E-state index contributed by atoms with van der Waals surface area (Å²) in [7, 11) is 0. The Hall–Kier alpha value is -3.51. The number of aromatic nitrogens is 1. The number of anilines is 2. The van der Waals surface area contributed by atoms with Crippen molar-refractivity contribution in [2.45, 2.75) is 26.0 Å². The molecule has 2 amide bonds. The van der Waals surface area contributed by atoms with Crippen molar-refractivity contribution in [3.63, 3.8) is 0 Å². The number of fused-ring (bicyclic) bond motifs is 1. The Kier molecular flexibility index (Phi) is 4.37. The predicted octanol–water partition coefficient (Wildman–Crippen LogP) is 3.75. The van der Waals surface area contributed by atoms with Crippen molar-refractivity contribution >= 4 is 23.2 Å². The van der Waals surface area contributed by atoms with Gasteiger partial charge < -0.3 is 0 Å². The Labute approximate surface area is 174 Å². The largest absolute Gasteiger partial charge is 0.273 e. The fraction of sp³-hybridized carbons (Fsp3) is 0.208. The standard InChI is InChI=1S/C24H21N3O3/c1-15-8-9-19(16(2)14-15)26-23(28)20-21(17-10-12-25-13-11-17)27(30-22(20)24(26)29)18-6-4-3-5-7-18/h3-14,20-22H,1-2H3/t20-,21-,22+/m0/s1. The van der Waals surface area contributed by atoms with Crippen molar-refractivity contribution in [3.05, 3.63) is 89.7 Å². The number of rotatable bonds is 3. The second-order valence-electron chi connectivity index (χ2n) is 7.74. The molecule has 6 nitrogen and oxygen atoms in total. The summed E-state index contributed by atoms with van der Waals surface area (Å²) < 4.78 is 0. The van der Waals surface area contributed by atoms with E-state index in [1.54, 1.807) is 17.5 Å². The van der Waals surface area contributed by atoms with E-state index in [-0.39, 0.29) is 11.8 Å². The van der Waals surface area contributed by atoms with Crippen LogP contribution >= 0.6 is 0 Å². The zero-order valence-corrected chi connectivity index (χ0v) is 16.7. The van der Waals surface area contributed by atoms with Gasteiger partial charge in [-0.15, -0.1) is 0 Å². The molecule has 0 bridgehead atoms. The van der Waals surface area contributed by atoms with Gasteiger partial charge in [-0.2, -0.15) is 0 Å². The molecular weight excluding hydrogens is 378 g/mol. The summed E-state index contributed by atoms with van der Waals surface area (Å²) in [6.07, 6.45) is 2.51. The lowest BCUT2D eigenvalue weighted by Crippen LogP contribution is -2.37. The molecule has 30 heavy (non-hydrogen) atoms. The van der Waals surface area contributed by atoms with Crippen LogP contribution in [0, 0.1) is 19.8 Å². The van der Waals surface area contributed by atoms with Crippen LogP contribution in [-0.4, -0.2) is 22.9 Å². The van der Waals surface area contributed by atoms with E-state index in [1.165, 1.54) is 4.90 Å². The number of pyridine rings is 1. The highest BCUT2D eigenvalue weighted by Gasteiger charge is 2.60. The molecule has 6 heteroatoms. The first-order valence-electron chi connectivity index (χ1n) is 9.92. The van der Waals surface area contributed by atoms with Crippen molar-refractivity contribution in [2.75, 3.05) is 9.96 Å². The van der Waals surface area contributed by atoms with E-state index < -0.39 is 18.1 Å². The van der Waals surface area contributed by atoms with E-state index in [1.807, 2.05) is 74.5 Å². The molecule has 150 valence electrons. The summed E-state index contributed by atoms with van der Waals surface area (Å²) in [6, 6.07) is 18.6. The lowest BCUT2D eigenvalue weighted by Gasteiger charge is -2.29. The molecule has 0 aliphatic carbocycles. The van der Waals surface area contributed by atoms with Gasteiger partial charge in [0.15, 0.2) is 6.10 Å². The molecule has 0 unspecified atom stereocenters. The summed E-state index contributed by atoms with van der Waals surface area (Å²) >= 11 is 0. The van der Waals surface area contributed by atoms with E-state index in [4.69, 9.17) is 4.84 Å². The quantitative estimate of drug-likeness (QED) is 0.628. The fourth-order valence-electron chi connectivity index (χ4n) is 4.41. The van der Waals surface area contributed by atoms with Crippen molar-refractivity contribution in [3.8, 4) is 0 Å². The zero-order chi connectivity index (χ0) is 20.8. The van der Waals surface area contributed by atoms with Crippen LogP contribution in [0.4, 0.5) is 11.4 Å². The van der Waals surface area contributed by atoms with E-state index in [0.717, 1.165) is 22.4 Å². The van der Waals surface area contributed by atoms with Crippen LogP contribution in [-0.2, 0) is 14.4 Å². The molecule has 3 atom stereocenters. The van der Waals surface area contributed by atoms with Crippen LogP contribution in [0.5, 0.6) is 0 Å². The SMILES string of the molecule is Cc1ccc(N2C(=O)[C@@H]3[C@@H](ON(c4ccccc4)[C@H]3c3ccncc3)C2=O)c(C)c1. The molecule has 2 saturated heterocycles. The van der Waals surface area contributed by atoms with E-state index in [0.29, 0.717) is 5.69 Å². The van der Waals surface area contributed by atoms with Gasteiger partial charge in [0, 0.05) is 12.4 Å². The number of hydrogen-bond donors (Lipinski definition) is 0. The third-order valence-corrected chi connectivity index (χ3v) is 5.77. The number of para-hydroxylation sites is 1. The summed E-state index contributed by atoms with van der Waals surface area (Å²) in [5.41, 5.74) is 4.26. The second-order valence-corrected chi connectivity index (χ2v) is 7.74. The highest BCUT2D eigenvalue weighted by atomic mass is 16.7. The number of hydroxylamine groups is 1. The van der Waals surface area contributed by atoms with E-state index >= 15 is 0 Å². The number of hydrogen-bond acceptors (Lipinski definition) is 5. The molecule has 2 aliphatic rings. The number of benzene rings is 2. The Morgan fingerprint density at radius 1 is 0.900 bits per heavy atom. The Morgan fingerprint density at radius 3 is 2.33 bits per heavy atom. The lowest BCUT2D eigenvalue weighted by atomic mass is 9.91. The maximum absolute atomic E-state index is 13.6. The van der Waals surface area contributed by atoms with Gasteiger partial charge in [-0.3, -0.25) is 19.4 Å². The molecule has 2 fully saturated rings. The number of aryl methyl sites for hydroxylation is 2. The van der Waals surface area contributed by atoms with Crippen LogP contribution in [0.15, 0.2) is 73.1 Å². The molecule has 0 saturated carbocycles. The van der Waals surface area contributed by atoms with E-state index in [2.05, 4.69) is 4.98 Å². The smallest absolute Gasteiger partial charge is 0.266 e. The van der Waals surface area contributed by atoms with Gasteiger partial charge in [-0.05, 0) is 55.3 Å². The van der Waals surface area contributed by atoms with Gasteiger partial charge in [-0.1, -0.05) is 35.9 Å². The monoisotopic (exact) mass is 399 g/mol. The van der Waals surface area contributed by atoms with Gasteiger partial charge in [0.2, 0.25) is 5.91 Å². The van der Waals surface area contributed by atoms with Gasteiger partial charge in [-0.25, -0.2) is 9.96 Å². The average Bonchev–Trinajstić information content (AvgIpc) is 3.26. The molecular formula is C24H21N3O3. The Morgan fingerprint density at radius 2 is 1.63 bits per heavy atom. The molecule has 5 rings (SSSR count). The third-order valence-electron chi connectivity index (χ3n) is 5.77. The van der Waals surface area contributed by atoms with Crippen molar-refractivity contribution in [1.82, 2.24) is 4.98 Å². The van der Waals surface area contributed by atoms with Crippen LogP contribution in [0.2, 0.25) is 0 Å². The van der Waals surface area contributed by atoms with Gasteiger partial charge in [0.25, 0.3) is 5.91 Å². The molecule has 2 aromatic carbocycles. The van der Waals surface area contributed by atoms with Crippen molar-refractivity contribution < 1.29 is 14.4 Å². The van der Waals surface area contributed by atoms with Crippen molar-refractivity contribution in [2.24, 2.45) is 5.92 Å². The molecule has 2 aliphatic heterocycles. The minimum atomic E-state index is -0.864. The van der Waals surface area contributed by atoms with Gasteiger partial charge >= 0.3 is 0 Å². The maximum Gasteiger partial charge on any atom is 0.266 e. The van der Waals surface area contributed by atoms with Crippen molar-refractivity contribution in [1.29, 1.82) is 0 Å². The van der Waals surface area contributed by atoms with Crippen LogP contribution < -0.4 is 9.96 Å². The fourth-order valence-corrected chi connectivity index (χ4v) is 4.41. The molecule has 3 heterocycles. The Balaban J connectivity index is 1.59. The van der Waals surface area contributed by atoms with Crippen LogP contribution in [0.25, 0.3) is 0 Å². The second kappa shape index (κ2) is 7.07. The number of amides is 2. The molecule has 0 spiro atoms. The number of imide groups is 1. The number of carbonyl (C=O) groups excluding carboxylic acids is 2. The lowest BCUT2D eigenvalue weighted by molar-refractivity contribution is -0.126. The normalized spacial score (nSPS) is 23.2. The average molecular weight is 399 g/mol. The highest BCUT2D eigenvalue weighted by Crippen LogP contribution is 2.47. The highest BCUT2D eigenvalue weighted by molar-refractivity contribution is 6.24. The van der Waals surface area contributed by atoms with Gasteiger partial charge in [0.05, 0.1) is 17.4 Å².